The van der Waals surface area contributed by atoms with E-state index in [1.165, 1.54) is 0 Å². The lowest BCUT2D eigenvalue weighted by atomic mass is 10.1. The zero-order valence-corrected chi connectivity index (χ0v) is 13.5. The van der Waals surface area contributed by atoms with Crippen LogP contribution >= 0.6 is 0 Å². The van der Waals surface area contributed by atoms with Crippen molar-refractivity contribution in [3.05, 3.63) is 42.5 Å². The van der Waals surface area contributed by atoms with Gasteiger partial charge in [0.2, 0.25) is 0 Å². The summed E-state index contributed by atoms with van der Waals surface area (Å²) in [5, 5.41) is 5.05. The van der Waals surface area contributed by atoms with Crippen LogP contribution in [-0.4, -0.2) is 44.6 Å². The summed E-state index contributed by atoms with van der Waals surface area (Å²) in [4.78, 5) is 14.0. The minimum Gasteiger partial charge on any atom is -0.483 e. The summed E-state index contributed by atoms with van der Waals surface area (Å²) >= 11 is 0. The molecule has 118 valence electrons. The molecule has 0 fully saturated rings. The van der Waals surface area contributed by atoms with Gasteiger partial charge in [0.15, 0.2) is 6.61 Å². The standard InChI is InChI=1S/C18H24N2O2/c1-14(12-20(2)3)11-19-18(21)13-22-17-10-6-8-15-7-4-5-9-16(15)17/h4-10,14H,11-13H2,1-3H3,(H,19,21)/t14-/m1/s1. The van der Waals surface area contributed by atoms with E-state index < -0.39 is 0 Å². The summed E-state index contributed by atoms with van der Waals surface area (Å²) in [6, 6.07) is 13.9. The normalized spacial score (nSPS) is 12.4. The molecule has 2 rings (SSSR count). The van der Waals surface area contributed by atoms with Crippen LogP contribution in [0.3, 0.4) is 0 Å². The molecule has 2 aromatic carbocycles. The number of benzene rings is 2. The summed E-state index contributed by atoms with van der Waals surface area (Å²) in [7, 11) is 4.06. The second-order valence-corrected chi connectivity index (χ2v) is 5.94. The predicted molar refractivity (Wildman–Crippen MR) is 90.2 cm³/mol. The fourth-order valence-electron chi connectivity index (χ4n) is 2.49. The van der Waals surface area contributed by atoms with Crippen LogP contribution in [-0.2, 0) is 4.79 Å². The van der Waals surface area contributed by atoms with Gasteiger partial charge in [0.25, 0.3) is 5.91 Å². The first kappa shape index (κ1) is 16.3. The van der Waals surface area contributed by atoms with Crippen LogP contribution in [0.25, 0.3) is 10.8 Å². The lowest BCUT2D eigenvalue weighted by Crippen LogP contribution is -2.35. The predicted octanol–water partition coefficient (Wildman–Crippen LogP) is 2.53. The monoisotopic (exact) mass is 300 g/mol. The van der Waals surface area contributed by atoms with Crippen molar-refractivity contribution in [1.29, 1.82) is 0 Å². The van der Waals surface area contributed by atoms with Crippen molar-refractivity contribution >= 4 is 16.7 Å². The van der Waals surface area contributed by atoms with Gasteiger partial charge < -0.3 is 15.0 Å². The maximum Gasteiger partial charge on any atom is 0.257 e. The van der Waals surface area contributed by atoms with E-state index in [0.717, 1.165) is 23.1 Å². The fraction of sp³-hybridized carbons (Fsp3) is 0.389. The van der Waals surface area contributed by atoms with Gasteiger partial charge in [-0.05, 0) is 31.5 Å². The van der Waals surface area contributed by atoms with Crippen LogP contribution in [0.4, 0.5) is 0 Å². The first-order valence-electron chi connectivity index (χ1n) is 7.58. The fourth-order valence-corrected chi connectivity index (χ4v) is 2.49. The Bertz CT molecular complexity index is 620. The maximum atomic E-state index is 11.9. The smallest absolute Gasteiger partial charge is 0.257 e. The Hall–Kier alpha value is -2.07. The number of nitrogens with one attached hydrogen (secondary N) is 1. The Morgan fingerprint density at radius 3 is 2.68 bits per heavy atom. The summed E-state index contributed by atoms with van der Waals surface area (Å²) in [5.74, 6) is 1.07. The van der Waals surface area contributed by atoms with Gasteiger partial charge in [-0.1, -0.05) is 43.3 Å². The van der Waals surface area contributed by atoms with E-state index in [1.54, 1.807) is 0 Å². The van der Waals surface area contributed by atoms with Crippen molar-refractivity contribution < 1.29 is 9.53 Å². The highest BCUT2D eigenvalue weighted by Gasteiger charge is 2.08. The quantitative estimate of drug-likeness (QED) is 0.854. The molecule has 0 aliphatic carbocycles. The number of carbonyl (C=O) groups is 1. The molecule has 0 spiro atoms. The largest absolute Gasteiger partial charge is 0.483 e. The number of hydrogen-bond donors (Lipinski definition) is 1. The summed E-state index contributed by atoms with van der Waals surface area (Å²) < 4.78 is 5.67. The van der Waals surface area contributed by atoms with Gasteiger partial charge in [-0.2, -0.15) is 0 Å². The number of nitrogens with zero attached hydrogens (tertiary/aromatic N) is 1. The molecule has 0 aliphatic heterocycles. The van der Waals surface area contributed by atoms with Gasteiger partial charge in [-0.15, -0.1) is 0 Å². The minimum absolute atomic E-state index is 0.0443. The molecule has 0 saturated carbocycles. The topological polar surface area (TPSA) is 41.6 Å². The molecule has 0 aromatic heterocycles. The third-order valence-corrected chi connectivity index (χ3v) is 3.43. The lowest BCUT2D eigenvalue weighted by Gasteiger charge is -2.17. The number of rotatable bonds is 7. The SMILES string of the molecule is C[C@H](CNC(=O)COc1cccc2ccccc12)CN(C)C. The Balaban J connectivity index is 1.85. The second kappa shape index (κ2) is 7.80. The summed E-state index contributed by atoms with van der Waals surface area (Å²) in [5.41, 5.74) is 0. The van der Waals surface area contributed by atoms with Crippen molar-refractivity contribution in [1.82, 2.24) is 10.2 Å². The molecule has 22 heavy (non-hydrogen) atoms. The zero-order chi connectivity index (χ0) is 15.9. The van der Waals surface area contributed by atoms with Crippen LogP contribution in [0.5, 0.6) is 5.75 Å². The molecule has 1 N–H and O–H groups in total. The molecule has 0 bridgehead atoms. The Morgan fingerprint density at radius 2 is 1.91 bits per heavy atom. The Morgan fingerprint density at radius 1 is 1.18 bits per heavy atom. The van der Waals surface area contributed by atoms with E-state index in [1.807, 2.05) is 56.6 Å². The van der Waals surface area contributed by atoms with Gasteiger partial charge in [-0.25, -0.2) is 0 Å². The number of ether oxygens (including phenoxy) is 1. The van der Waals surface area contributed by atoms with E-state index >= 15 is 0 Å². The highest BCUT2D eigenvalue weighted by molar-refractivity contribution is 5.88. The van der Waals surface area contributed by atoms with Crippen LogP contribution < -0.4 is 10.1 Å². The van der Waals surface area contributed by atoms with E-state index in [4.69, 9.17) is 4.74 Å². The third-order valence-electron chi connectivity index (χ3n) is 3.43. The highest BCUT2D eigenvalue weighted by Crippen LogP contribution is 2.24. The Labute approximate surface area is 132 Å². The highest BCUT2D eigenvalue weighted by atomic mass is 16.5. The van der Waals surface area contributed by atoms with Crippen LogP contribution in [0.15, 0.2) is 42.5 Å². The zero-order valence-electron chi connectivity index (χ0n) is 13.5. The molecule has 0 saturated heterocycles. The Kier molecular flexibility index (Phi) is 5.78. The molecule has 0 aliphatic rings. The number of fused-ring (bicyclic) bond motifs is 1. The molecule has 4 nitrogen and oxygen atoms in total. The van der Waals surface area contributed by atoms with E-state index in [9.17, 15) is 4.79 Å². The number of amides is 1. The third kappa shape index (κ3) is 4.74. The molecule has 1 amide bonds. The van der Waals surface area contributed by atoms with Gasteiger partial charge >= 0.3 is 0 Å². The molecular formula is C18H24N2O2. The first-order valence-corrected chi connectivity index (χ1v) is 7.58. The average Bonchev–Trinajstić information content (AvgIpc) is 2.50. The minimum atomic E-state index is -0.0847. The summed E-state index contributed by atoms with van der Waals surface area (Å²) in [6.45, 7) is 3.77. The van der Waals surface area contributed by atoms with E-state index in [2.05, 4.69) is 17.1 Å². The maximum absolute atomic E-state index is 11.9. The van der Waals surface area contributed by atoms with Gasteiger partial charge in [0.1, 0.15) is 5.75 Å². The van der Waals surface area contributed by atoms with Crippen molar-refractivity contribution in [3.8, 4) is 5.75 Å². The lowest BCUT2D eigenvalue weighted by molar-refractivity contribution is -0.123. The van der Waals surface area contributed by atoms with Crippen LogP contribution in [0.2, 0.25) is 0 Å². The summed E-state index contributed by atoms with van der Waals surface area (Å²) in [6.07, 6.45) is 0. The molecule has 2 aromatic rings. The van der Waals surface area contributed by atoms with Gasteiger partial charge in [-0.3, -0.25) is 4.79 Å². The van der Waals surface area contributed by atoms with E-state index in [0.29, 0.717) is 12.5 Å². The van der Waals surface area contributed by atoms with Gasteiger partial charge in [0, 0.05) is 18.5 Å². The molecule has 0 unspecified atom stereocenters. The van der Waals surface area contributed by atoms with Crippen molar-refractivity contribution in [3.63, 3.8) is 0 Å². The number of carbonyl (C=O) groups excluding carboxylic acids is 1. The van der Waals surface area contributed by atoms with Gasteiger partial charge in [0.05, 0.1) is 0 Å². The molecule has 1 atom stereocenters. The molecule has 0 radical (unpaired) electrons. The van der Waals surface area contributed by atoms with Crippen molar-refractivity contribution in [2.24, 2.45) is 5.92 Å². The molecule has 0 heterocycles. The average molecular weight is 300 g/mol. The number of hydrogen-bond acceptors (Lipinski definition) is 3. The second-order valence-electron chi connectivity index (χ2n) is 5.94. The van der Waals surface area contributed by atoms with Crippen molar-refractivity contribution in [2.75, 3.05) is 33.8 Å². The first-order chi connectivity index (χ1) is 10.6. The van der Waals surface area contributed by atoms with E-state index in [-0.39, 0.29) is 12.5 Å². The van der Waals surface area contributed by atoms with Crippen molar-refractivity contribution in [2.45, 2.75) is 6.92 Å². The molecular weight excluding hydrogens is 276 g/mol. The van der Waals surface area contributed by atoms with Crippen LogP contribution in [0, 0.1) is 5.92 Å². The van der Waals surface area contributed by atoms with Crippen LogP contribution in [0.1, 0.15) is 6.92 Å². The molecule has 4 heteroatoms.